The molecule has 0 aliphatic carbocycles. The minimum absolute atomic E-state index is 0.410. The number of hydrogen-bond donors (Lipinski definition) is 0. The third kappa shape index (κ3) is 11.6. The van der Waals surface area contributed by atoms with E-state index in [-0.39, 0.29) is 0 Å². The van der Waals surface area contributed by atoms with Gasteiger partial charge < -0.3 is 4.90 Å². The molecule has 0 unspecified atom stereocenters. The number of unbranched alkanes of at least 4 members (excludes halogenated alkanes) is 12. The third-order valence-electron chi connectivity index (χ3n) is 5.20. The number of hydrogen-bond acceptors (Lipinski definition) is 1. The second-order valence-corrected chi connectivity index (χ2v) is 7.43. The van der Waals surface area contributed by atoms with Crippen molar-refractivity contribution in [2.24, 2.45) is 0 Å². The van der Waals surface area contributed by atoms with Crippen LogP contribution in [0.5, 0.6) is 0 Å². The summed E-state index contributed by atoms with van der Waals surface area (Å²) in [7, 11) is 0. The van der Waals surface area contributed by atoms with Gasteiger partial charge in [0.25, 0.3) is 0 Å². The SMILES string of the molecule is CCCCCCCCCCCCCCCC(=O)N1CCCCC1. The Balaban J connectivity index is 1.76. The summed E-state index contributed by atoms with van der Waals surface area (Å²) in [6.07, 6.45) is 22.3. The maximum Gasteiger partial charge on any atom is 0.222 e. The van der Waals surface area contributed by atoms with E-state index in [0.29, 0.717) is 5.91 Å². The first-order valence-electron chi connectivity index (χ1n) is 10.6. The molecule has 23 heavy (non-hydrogen) atoms. The number of likely N-dealkylation sites (tertiary alicyclic amines) is 1. The molecule has 1 saturated heterocycles. The van der Waals surface area contributed by atoms with Gasteiger partial charge in [-0.2, -0.15) is 0 Å². The molecule has 0 saturated carbocycles. The molecule has 0 atom stereocenters. The maximum atomic E-state index is 12.0. The Bertz CT molecular complexity index is 271. The van der Waals surface area contributed by atoms with Crippen molar-refractivity contribution in [3.05, 3.63) is 0 Å². The molecule has 1 rings (SSSR count). The molecule has 2 nitrogen and oxygen atoms in total. The zero-order valence-electron chi connectivity index (χ0n) is 15.8. The fourth-order valence-corrected chi connectivity index (χ4v) is 3.60. The van der Waals surface area contributed by atoms with Gasteiger partial charge in [0.15, 0.2) is 0 Å². The zero-order chi connectivity index (χ0) is 16.6. The minimum Gasteiger partial charge on any atom is -0.343 e. The van der Waals surface area contributed by atoms with Crippen LogP contribution < -0.4 is 0 Å². The molecule has 1 aliphatic rings. The average molecular weight is 324 g/mol. The van der Waals surface area contributed by atoms with Crippen LogP contribution in [0.2, 0.25) is 0 Å². The Morgan fingerprint density at radius 2 is 1.09 bits per heavy atom. The van der Waals surface area contributed by atoms with Crippen LogP contribution in [0.1, 0.15) is 116 Å². The summed E-state index contributed by atoms with van der Waals surface area (Å²) in [4.78, 5) is 14.1. The second-order valence-electron chi connectivity index (χ2n) is 7.43. The van der Waals surface area contributed by atoms with Gasteiger partial charge in [-0.05, 0) is 25.7 Å². The summed E-state index contributed by atoms with van der Waals surface area (Å²) in [6, 6.07) is 0. The highest BCUT2D eigenvalue weighted by atomic mass is 16.2. The van der Waals surface area contributed by atoms with E-state index >= 15 is 0 Å². The van der Waals surface area contributed by atoms with Crippen molar-refractivity contribution in [1.29, 1.82) is 0 Å². The lowest BCUT2D eigenvalue weighted by atomic mass is 10.0. The summed E-state index contributed by atoms with van der Waals surface area (Å²) in [6.45, 7) is 4.30. The van der Waals surface area contributed by atoms with Gasteiger partial charge in [0, 0.05) is 19.5 Å². The molecule has 1 heterocycles. The molecule has 1 fully saturated rings. The lowest BCUT2D eigenvalue weighted by Gasteiger charge is -2.26. The summed E-state index contributed by atoms with van der Waals surface area (Å²) >= 11 is 0. The van der Waals surface area contributed by atoms with Crippen molar-refractivity contribution in [2.45, 2.75) is 116 Å². The van der Waals surface area contributed by atoms with Gasteiger partial charge in [-0.3, -0.25) is 4.79 Å². The number of amides is 1. The van der Waals surface area contributed by atoms with E-state index in [0.717, 1.165) is 25.9 Å². The molecule has 0 radical (unpaired) electrons. The van der Waals surface area contributed by atoms with E-state index in [1.54, 1.807) is 0 Å². The predicted octanol–water partition coefficient (Wildman–Crippen LogP) is 6.48. The second kappa shape index (κ2) is 15.0. The standard InChI is InChI=1S/C21H41NO/c1-2-3-4-5-6-7-8-9-10-11-12-13-15-18-21(23)22-19-16-14-17-20-22/h2-20H2,1H3. The number of carbonyl (C=O) groups excluding carboxylic acids is 1. The molecule has 1 aliphatic heterocycles. The highest BCUT2D eigenvalue weighted by molar-refractivity contribution is 5.76. The zero-order valence-corrected chi connectivity index (χ0v) is 15.8. The van der Waals surface area contributed by atoms with Gasteiger partial charge in [-0.25, -0.2) is 0 Å². The van der Waals surface area contributed by atoms with Gasteiger partial charge in [0.1, 0.15) is 0 Å². The first-order chi connectivity index (χ1) is 11.3. The molecule has 0 bridgehead atoms. The first-order valence-corrected chi connectivity index (χ1v) is 10.6. The monoisotopic (exact) mass is 323 g/mol. The van der Waals surface area contributed by atoms with Gasteiger partial charge in [-0.1, -0.05) is 84.0 Å². The highest BCUT2D eigenvalue weighted by Gasteiger charge is 2.15. The molecular weight excluding hydrogens is 282 g/mol. The Labute approximate surface area is 145 Å². The predicted molar refractivity (Wildman–Crippen MR) is 101 cm³/mol. The van der Waals surface area contributed by atoms with E-state index in [2.05, 4.69) is 11.8 Å². The Morgan fingerprint density at radius 1 is 0.652 bits per heavy atom. The normalized spacial score (nSPS) is 15.1. The fourth-order valence-electron chi connectivity index (χ4n) is 3.60. The van der Waals surface area contributed by atoms with E-state index in [1.807, 2.05) is 0 Å². The van der Waals surface area contributed by atoms with Gasteiger partial charge in [-0.15, -0.1) is 0 Å². The van der Waals surface area contributed by atoms with Gasteiger partial charge in [0.05, 0.1) is 0 Å². The van der Waals surface area contributed by atoms with E-state index in [9.17, 15) is 4.79 Å². The third-order valence-corrected chi connectivity index (χ3v) is 5.20. The number of nitrogens with zero attached hydrogens (tertiary/aromatic N) is 1. The summed E-state index contributed by atoms with van der Waals surface area (Å²) in [5, 5.41) is 0. The van der Waals surface area contributed by atoms with Crippen molar-refractivity contribution in [3.63, 3.8) is 0 Å². The topological polar surface area (TPSA) is 20.3 Å². The molecule has 1 amide bonds. The van der Waals surface area contributed by atoms with Gasteiger partial charge >= 0.3 is 0 Å². The average Bonchev–Trinajstić information content (AvgIpc) is 2.59. The van der Waals surface area contributed by atoms with Crippen molar-refractivity contribution >= 4 is 5.91 Å². The highest BCUT2D eigenvalue weighted by Crippen LogP contribution is 2.14. The van der Waals surface area contributed by atoms with Crippen LogP contribution in [0.25, 0.3) is 0 Å². The van der Waals surface area contributed by atoms with Crippen molar-refractivity contribution in [1.82, 2.24) is 4.90 Å². The van der Waals surface area contributed by atoms with Crippen LogP contribution in [0, 0.1) is 0 Å². The van der Waals surface area contributed by atoms with Crippen molar-refractivity contribution < 1.29 is 4.79 Å². The smallest absolute Gasteiger partial charge is 0.222 e. The molecular formula is C21H41NO. The van der Waals surface area contributed by atoms with Gasteiger partial charge in [0.2, 0.25) is 5.91 Å². The lowest BCUT2D eigenvalue weighted by molar-refractivity contribution is -0.132. The Kier molecular flexibility index (Phi) is 13.4. The van der Waals surface area contributed by atoms with E-state index < -0.39 is 0 Å². The molecule has 0 aromatic rings. The van der Waals surface area contributed by atoms with E-state index in [1.165, 1.54) is 96.3 Å². The molecule has 0 aromatic heterocycles. The lowest BCUT2D eigenvalue weighted by Crippen LogP contribution is -2.35. The van der Waals surface area contributed by atoms with Crippen LogP contribution in [-0.4, -0.2) is 23.9 Å². The fraction of sp³-hybridized carbons (Fsp3) is 0.952. The summed E-state index contributed by atoms with van der Waals surface area (Å²) < 4.78 is 0. The van der Waals surface area contributed by atoms with Crippen LogP contribution in [0.3, 0.4) is 0 Å². The van der Waals surface area contributed by atoms with E-state index in [4.69, 9.17) is 0 Å². The molecule has 0 spiro atoms. The summed E-state index contributed by atoms with van der Waals surface area (Å²) in [5.74, 6) is 0.410. The molecule has 0 N–H and O–H groups in total. The molecule has 2 heteroatoms. The number of piperidine rings is 1. The maximum absolute atomic E-state index is 12.0. The number of carbonyl (C=O) groups is 1. The van der Waals surface area contributed by atoms with Crippen molar-refractivity contribution in [2.75, 3.05) is 13.1 Å². The van der Waals surface area contributed by atoms with Crippen LogP contribution in [-0.2, 0) is 4.79 Å². The van der Waals surface area contributed by atoms with Crippen LogP contribution in [0.15, 0.2) is 0 Å². The minimum atomic E-state index is 0.410. The number of rotatable bonds is 14. The van der Waals surface area contributed by atoms with Crippen LogP contribution >= 0.6 is 0 Å². The quantitative estimate of drug-likeness (QED) is 0.335. The summed E-state index contributed by atoms with van der Waals surface area (Å²) in [5.41, 5.74) is 0. The Hall–Kier alpha value is -0.530. The Morgan fingerprint density at radius 3 is 1.57 bits per heavy atom. The largest absolute Gasteiger partial charge is 0.343 e. The van der Waals surface area contributed by atoms with Crippen molar-refractivity contribution in [3.8, 4) is 0 Å². The van der Waals surface area contributed by atoms with Crippen LogP contribution in [0.4, 0.5) is 0 Å². The first kappa shape index (κ1) is 20.5. The molecule has 136 valence electrons. The molecule has 0 aromatic carbocycles.